The molecule has 0 bridgehead atoms. The average Bonchev–Trinajstić information content (AvgIpc) is 2.86. The number of nitrogens with one attached hydrogen (secondary N) is 1. The molecule has 0 saturated carbocycles. The Labute approximate surface area is 135 Å². The summed E-state index contributed by atoms with van der Waals surface area (Å²) in [5.74, 6) is -0.0864. The Morgan fingerprint density at radius 1 is 1.43 bits per heavy atom. The van der Waals surface area contributed by atoms with Crippen LogP contribution in [0, 0.1) is 11.3 Å². The lowest BCUT2D eigenvalue weighted by Gasteiger charge is -2.24. The number of hydrogen-bond acceptors (Lipinski definition) is 5. The third kappa shape index (κ3) is 3.51. The fraction of sp³-hybridized carbons (Fsp3) is 0.353. The Balaban J connectivity index is 2.44. The number of carbonyl (C=O) groups is 1. The third-order valence-corrected chi connectivity index (χ3v) is 3.19. The van der Waals surface area contributed by atoms with Crippen molar-refractivity contribution in [3.05, 3.63) is 36.0 Å². The highest BCUT2D eigenvalue weighted by molar-refractivity contribution is 5.93. The molecule has 0 spiro atoms. The van der Waals surface area contributed by atoms with Crippen molar-refractivity contribution in [1.82, 2.24) is 9.55 Å². The Morgan fingerprint density at radius 2 is 2.13 bits per heavy atom. The van der Waals surface area contributed by atoms with Gasteiger partial charge in [0.15, 0.2) is 5.57 Å². The average molecular weight is 312 g/mol. The zero-order valence-electron chi connectivity index (χ0n) is 13.8. The zero-order chi connectivity index (χ0) is 17.0. The van der Waals surface area contributed by atoms with Crippen LogP contribution in [0.25, 0.3) is 11.0 Å². The predicted octanol–water partition coefficient (Wildman–Crippen LogP) is 3.17. The first-order chi connectivity index (χ1) is 10.9. The van der Waals surface area contributed by atoms with Gasteiger partial charge in [-0.3, -0.25) is 0 Å². The molecular weight excluding hydrogens is 292 g/mol. The predicted molar refractivity (Wildman–Crippen MR) is 88.7 cm³/mol. The Morgan fingerprint density at radius 3 is 2.74 bits per heavy atom. The van der Waals surface area contributed by atoms with E-state index in [0.29, 0.717) is 5.95 Å². The summed E-state index contributed by atoms with van der Waals surface area (Å²) in [5.41, 5.74) is 1.50. The number of imidazole rings is 1. The third-order valence-electron chi connectivity index (χ3n) is 3.19. The van der Waals surface area contributed by atoms with Gasteiger partial charge in [-0.05, 0) is 39.8 Å². The van der Waals surface area contributed by atoms with E-state index in [1.165, 1.54) is 6.20 Å². The number of para-hydroxylation sites is 2. The highest BCUT2D eigenvalue weighted by Gasteiger charge is 2.21. The van der Waals surface area contributed by atoms with E-state index in [4.69, 9.17) is 10.00 Å². The molecule has 0 saturated heterocycles. The van der Waals surface area contributed by atoms with Crippen LogP contribution in [0.15, 0.2) is 36.0 Å². The van der Waals surface area contributed by atoms with E-state index in [2.05, 4.69) is 31.1 Å². The van der Waals surface area contributed by atoms with E-state index >= 15 is 0 Å². The van der Waals surface area contributed by atoms with E-state index < -0.39 is 5.97 Å². The van der Waals surface area contributed by atoms with Crippen molar-refractivity contribution < 1.29 is 9.53 Å². The molecule has 1 aromatic heterocycles. The van der Waals surface area contributed by atoms with Crippen molar-refractivity contribution in [2.45, 2.75) is 33.2 Å². The smallest absolute Gasteiger partial charge is 0.350 e. The Hall–Kier alpha value is -2.81. The molecule has 0 aliphatic rings. The number of fused-ring (bicyclic) bond motifs is 1. The standard InChI is InChI=1S/C17H20N4O2/c1-5-23-15(22)12(10-18)11-19-16-20-13-8-6-7-9-14(13)21(16)17(2,3)4/h6-9,11H,5H2,1-4H3,(H,19,20)/b12-11+. The molecule has 2 aromatic rings. The van der Waals surface area contributed by atoms with E-state index in [0.717, 1.165) is 11.0 Å². The van der Waals surface area contributed by atoms with E-state index in [9.17, 15) is 4.79 Å². The molecule has 0 atom stereocenters. The van der Waals surface area contributed by atoms with Gasteiger partial charge in [-0.2, -0.15) is 5.26 Å². The number of hydrogen-bond donors (Lipinski definition) is 1. The van der Waals surface area contributed by atoms with Gasteiger partial charge >= 0.3 is 5.97 Å². The van der Waals surface area contributed by atoms with Crippen LogP contribution < -0.4 is 5.32 Å². The monoisotopic (exact) mass is 312 g/mol. The molecule has 0 unspecified atom stereocenters. The number of rotatable bonds is 4. The van der Waals surface area contributed by atoms with Gasteiger partial charge in [-0.1, -0.05) is 12.1 Å². The molecule has 0 fully saturated rings. The van der Waals surface area contributed by atoms with Gasteiger partial charge in [0.2, 0.25) is 5.95 Å². The fourth-order valence-corrected chi connectivity index (χ4v) is 2.28. The molecule has 23 heavy (non-hydrogen) atoms. The summed E-state index contributed by atoms with van der Waals surface area (Å²) in [7, 11) is 0. The van der Waals surface area contributed by atoms with Crippen molar-refractivity contribution in [2.24, 2.45) is 0 Å². The molecule has 6 heteroatoms. The summed E-state index contributed by atoms with van der Waals surface area (Å²) in [4.78, 5) is 16.2. The summed E-state index contributed by atoms with van der Waals surface area (Å²) >= 11 is 0. The highest BCUT2D eigenvalue weighted by atomic mass is 16.5. The van der Waals surface area contributed by atoms with Crippen LogP contribution in [0.1, 0.15) is 27.7 Å². The summed E-state index contributed by atoms with van der Waals surface area (Å²) in [5, 5.41) is 12.0. The van der Waals surface area contributed by atoms with E-state index in [1.807, 2.05) is 34.9 Å². The van der Waals surface area contributed by atoms with Gasteiger partial charge in [0.1, 0.15) is 6.07 Å². The van der Waals surface area contributed by atoms with E-state index in [-0.39, 0.29) is 17.7 Å². The minimum atomic E-state index is -0.652. The normalized spacial score (nSPS) is 12.0. The molecule has 1 N–H and O–H groups in total. The van der Waals surface area contributed by atoms with Gasteiger partial charge in [0.05, 0.1) is 17.6 Å². The quantitative estimate of drug-likeness (QED) is 0.533. The van der Waals surface area contributed by atoms with Crippen LogP contribution in [-0.4, -0.2) is 22.1 Å². The first kappa shape index (κ1) is 16.6. The minimum absolute atomic E-state index is 0.0978. The summed E-state index contributed by atoms with van der Waals surface area (Å²) in [6.45, 7) is 8.10. The second-order valence-corrected chi connectivity index (χ2v) is 5.96. The molecule has 0 aliphatic carbocycles. The van der Waals surface area contributed by atoms with Gasteiger partial charge in [-0.25, -0.2) is 9.78 Å². The van der Waals surface area contributed by atoms with Crippen molar-refractivity contribution in [3.63, 3.8) is 0 Å². The Kier molecular flexibility index (Phi) is 4.70. The number of aromatic nitrogens is 2. The summed E-state index contributed by atoms with van der Waals surface area (Å²) < 4.78 is 6.87. The molecule has 1 aromatic carbocycles. The largest absolute Gasteiger partial charge is 0.462 e. The molecule has 0 aliphatic heterocycles. The lowest BCUT2D eigenvalue weighted by atomic mass is 10.1. The maximum atomic E-state index is 11.7. The van der Waals surface area contributed by atoms with E-state index in [1.54, 1.807) is 6.92 Å². The first-order valence-electron chi connectivity index (χ1n) is 7.40. The molecule has 0 amide bonds. The minimum Gasteiger partial charge on any atom is -0.462 e. The molecule has 2 rings (SSSR count). The van der Waals surface area contributed by atoms with Crippen molar-refractivity contribution in [1.29, 1.82) is 5.26 Å². The van der Waals surface area contributed by atoms with Crippen molar-refractivity contribution >= 4 is 23.0 Å². The Bertz CT molecular complexity index is 791. The molecule has 0 radical (unpaired) electrons. The molecule has 6 nitrogen and oxygen atoms in total. The van der Waals surface area contributed by atoms with Crippen LogP contribution in [0.5, 0.6) is 0 Å². The van der Waals surface area contributed by atoms with Crippen LogP contribution in [0.3, 0.4) is 0 Å². The number of esters is 1. The van der Waals surface area contributed by atoms with Gasteiger partial charge in [-0.15, -0.1) is 0 Å². The number of nitrogens with zero attached hydrogens (tertiary/aromatic N) is 3. The lowest BCUT2D eigenvalue weighted by Crippen LogP contribution is -2.23. The molecule has 120 valence electrons. The number of nitriles is 1. The number of anilines is 1. The second kappa shape index (κ2) is 6.53. The zero-order valence-corrected chi connectivity index (χ0v) is 13.8. The second-order valence-electron chi connectivity index (χ2n) is 5.96. The SMILES string of the molecule is CCOC(=O)/C(C#N)=C/Nc1nc2ccccc2n1C(C)(C)C. The maximum absolute atomic E-state index is 11.7. The summed E-state index contributed by atoms with van der Waals surface area (Å²) in [6.07, 6.45) is 1.33. The fourth-order valence-electron chi connectivity index (χ4n) is 2.28. The van der Waals surface area contributed by atoms with Crippen LogP contribution in [0.2, 0.25) is 0 Å². The van der Waals surface area contributed by atoms with Crippen LogP contribution in [-0.2, 0) is 15.1 Å². The van der Waals surface area contributed by atoms with Crippen LogP contribution in [0.4, 0.5) is 5.95 Å². The first-order valence-corrected chi connectivity index (χ1v) is 7.40. The number of carbonyl (C=O) groups excluding carboxylic acids is 1. The number of ether oxygens (including phenoxy) is 1. The van der Waals surface area contributed by atoms with Crippen molar-refractivity contribution in [3.8, 4) is 6.07 Å². The number of benzene rings is 1. The van der Waals surface area contributed by atoms with Crippen molar-refractivity contribution in [2.75, 3.05) is 11.9 Å². The maximum Gasteiger partial charge on any atom is 0.350 e. The molecular formula is C17H20N4O2. The van der Waals surface area contributed by atoms with Gasteiger partial charge < -0.3 is 14.6 Å². The van der Waals surface area contributed by atoms with Gasteiger partial charge in [0.25, 0.3) is 0 Å². The topological polar surface area (TPSA) is 79.9 Å². The molecule has 1 heterocycles. The summed E-state index contributed by atoms with van der Waals surface area (Å²) in [6, 6.07) is 9.61. The lowest BCUT2D eigenvalue weighted by molar-refractivity contribution is -0.138. The van der Waals surface area contributed by atoms with Gasteiger partial charge in [0, 0.05) is 11.7 Å². The highest BCUT2D eigenvalue weighted by Crippen LogP contribution is 2.27. The van der Waals surface area contributed by atoms with Crippen LogP contribution >= 0.6 is 0 Å².